The Hall–Kier alpha value is -1.38. The number of nitrogens with one attached hydrogen (secondary N) is 1. The van der Waals surface area contributed by atoms with Crippen molar-refractivity contribution in [1.29, 1.82) is 0 Å². The maximum atomic E-state index is 13.5. The smallest absolute Gasteiger partial charge is 0.126 e. The standard InChI is InChI=1S/C18H21ClFN/c1-4-9-21-18(14-6-8-17(20)13(3)11-14)15-7-5-12(2)10-16(15)19/h5-8,10-11,18,21H,4,9H2,1-3H3. The van der Waals surface area contributed by atoms with Gasteiger partial charge in [-0.15, -0.1) is 0 Å². The van der Waals surface area contributed by atoms with Gasteiger partial charge in [-0.25, -0.2) is 4.39 Å². The third-order valence-electron chi connectivity index (χ3n) is 3.58. The normalized spacial score (nSPS) is 12.4. The van der Waals surface area contributed by atoms with Gasteiger partial charge in [0, 0.05) is 5.02 Å². The van der Waals surface area contributed by atoms with E-state index < -0.39 is 0 Å². The summed E-state index contributed by atoms with van der Waals surface area (Å²) in [5.41, 5.74) is 3.85. The zero-order valence-electron chi connectivity index (χ0n) is 12.7. The Bertz CT molecular complexity index is 625. The molecule has 1 unspecified atom stereocenters. The van der Waals surface area contributed by atoms with Gasteiger partial charge in [-0.2, -0.15) is 0 Å². The number of halogens is 2. The predicted octanol–water partition coefficient (Wildman–Crippen LogP) is 5.18. The second-order valence-electron chi connectivity index (χ2n) is 5.42. The molecule has 2 aromatic rings. The molecule has 0 amide bonds. The lowest BCUT2D eigenvalue weighted by Gasteiger charge is -2.21. The van der Waals surface area contributed by atoms with Crippen molar-refractivity contribution in [2.75, 3.05) is 6.54 Å². The van der Waals surface area contributed by atoms with E-state index in [0.29, 0.717) is 5.56 Å². The minimum Gasteiger partial charge on any atom is -0.306 e. The zero-order chi connectivity index (χ0) is 15.4. The monoisotopic (exact) mass is 305 g/mol. The molecule has 0 aliphatic carbocycles. The van der Waals surface area contributed by atoms with Crippen molar-refractivity contribution in [3.63, 3.8) is 0 Å². The highest BCUT2D eigenvalue weighted by Crippen LogP contribution is 2.30. The molecule has 0 bridgehead atoms. The highest BCUT2D eigenvalue weighted by atomic mass is 35.5. The van der Waals surface area contributed by atoms with E-state index in [1.165, 1.54) is 6.07 Å². The van der Waals surface area contributed by atoms with Crippen molar-refractivity contribution in [3.8, 4) is 0 Å². The van der Waals surface area contributed by atoms with Crippen LogP contribution in [0.25, 0.3) is 0 Å². The Labute approximate surface area is 131 Å². The molecule has 0 aliphatic rings. The summed E-state index contributed by atoms with van der Waals surface area (Å²) in [4.78, 5) is 0. The van der Waals surface area contributed by atoms with E-state index in [4.69, 9.17) is 11.6 Å². The maximum Gasteiger partial charge on any atom is 0.126 e. The Balaban J connectivity index is 2.44. The molecule has 1 nitrogen and oxygen atoms in total. The van der Waals surface area contributed by atoms with Crippen LogP contribution in [0.15, 0.2) is 36.4 Å². The summed E-state index contributed by atoms with van der Waals surface area (Å²) in [5, 5.41) is 4.24. The van der Waals surface area contributed by atoms with E-state index in [-0.39, 0.29) is 11.9 Å². The summed E-state index contributed by atoms with van der Waals surface area (Å²) in [6.07, 6.45) is 1.03. The lowest BCUT2D eigenvalue weighted by molar-refractivity contribution is 0.590. The predicted molar refractivity (Wildman–Crippen MR) is 87.5 cm³/mol. The van der Waals surface area contributed by atoms with Crippen LogP contribution < -0.4 is 5.32 Å². The van der Waals surface area contributed by atoms with Crippen LogP contribution in [-0.2, 0) is 0 Å². The third-order valence-corrected chi connectivity index (χ3v) is 3.91. The molecule has 0 saturated heterocycles. The van der Waals surface area contributed by atoms with Crippen molar-refractivity contribution in [1.82, 2.24) is 5.32 Å². The van der Waals surface area contributed by atoms with Crippen LogP contribution in [0, 0.1) is 19.7 Å². The van der Waals surface area contributed by atoms with E-state index in [0.717, 1.165) is 34.7 Å². The lowest BCUT2D eigenvalue weighted by Crippen LogP contribution is -2.23. The molecule has 3 heteroatoms. The first-order valence-corrected chi connectivity index (χ1v) is 7.66. The molecule has 0 fully saturated rings. The van der Waals surface area contributed by atoms with E-state index in [2.05, 4.69) is 18.3 Å². The van der Waals surface area contributed by atoms with Crippen LogP contribution >= 0.6 is 11.6 Å². The quantitative estimate of drug-likeness (QED) is 0.802. The summed E-state index contributed by atoms with van der Waals surface area (Å²) in [6.45, 7) is 6.81. The second kappa shape index (κ2) is 7.06. The molecule has 0 saturated carbocycles. The first-order valence-electron chi connectivity index (χ1n) is 7.28. The fourth-order valence-corrected chi connectivity index (χ4v) is 2.75. The van der Waals surface area contributed by atoms with Gasteiger partial charge in [-0.05, 0) is 61.2 Å². The van der Waals surface area contributed by atoms with Gasteiger partial charge in [0.1, 0.15) is 5.82 Å². The van der Waals surface area contributed by atoms with Crippen molar-refractivity contribution >= 4 is 11.6 Å². The Morgan fingerprint density at radius 1 is 1.14 bits per heavy atom. The van der Waals surface area contributed by atoms with Crippen LogP contribution in [-0.4, -0.2) is 6.54 Å². The van der Waals surface area contributed by atoms with Crippen LogP contribution in [0.1, 0.15) is 41.6 Å². The Kier molecular flexibility index (Phi) is 5.38. The van der Waals surface area contributed by atoms with Crippen molar-refractivity contribution in [2.24, 2.45) is 0 Å². The number of benzene rings is 2. The number of hydrogen-bond acceptors (Lipinski definition) is 1. The fraction of sp³-hybridized carbons (Fsp3) is 0.333. The molecule has 1 N–H and O–H groups in total. The molecular weight excluding hydrogens is 285 g/mol. The van der Waals surface area contributed by atoms with Crippen LogP contribution in [0.4, 0.5) is 4.39 Å². The Morgan fingerprint density at radius 3 is 2.52 bits per heavy atom. The van der Waals surface area contributed by atoms with Gasteiger partial charge in [-0.3, -0.25) is 0 Å². The van der Waals surface area contributed by atoms with Gasteiger partial charge in [-0.1, -0.05) is 42.8 Å². The molecule has 0 aromatic heterocycles. The maximum absolute atomic E-state index is 13.5. The summed E-state index contributed by atoms with van der Waals surface area (Å²) < 4.78 is 13.5. The number of rotatable bonds is 5. The molecule has 1 atom stereocenters. The molecule has 0 spiro atoms. The fourth-order valence-electron chi connectivity index (χ4n) is 2.41. The molecule has 112 valence electrons. The molecule has 21 heavy (non-hydrogen) atoms. The van der Waals surface area contributed by atoms with E-state index >= 15 is 0 Å². The molecule has 2 rings (SSSR count). The van der Waals surface area contributed by atoms with Gasteiger partial charge in [0.2, 0.25) is 0 Å². The first-order chi connectivity index (χ1) is 10.0. The molecule has 0 aliphatic heterocycles. The summed E-state index contributed by atoms with van der Waals surface area (Å²) in [6, 6.07) is 11.3. The second-order valence-corrected chi connectivity index (χ2v) is 5.83. The lowest BCUT2D eigenvalue weighted by atomic mass is 9.96. The SMILES string of the molecule is CCCNC(c1ccc(F)c(C)c1)c1ccc(C)cc1Cl. The molecular formula is C18H21ClFN. The highest BCUT2D eigenvalue weighted by Gasteiger charge is 2.17. The molecule has 2 aromatic carbocycles. The first kappa shape index (κ1) is 16.0. The topological polar surface area (TPSA) is 12.0 Å². The highest BCUT2D eigenvalue weighted by molar-refractivity contribution is 6.31. The molecule has 0 radical (unpaired) electrons. The van der Waals surface area contributed by atoms with Gasteiger partial charge in [0.05, 0.1) is 6.04 Å². The average molecular weight is 306 g/mol. The largest absolute Gasteiger partial charge is 0.306 e. The number of aryl methyl sites for hydroxylation is 2. The Morgan fingerprint density at radius 2 is 1.90 bits per heavy atom. The van der Waals surface area contributed by atoms with Crippen LogP contribution in [0.3, 0.4) is 0 Å². The minimum atomic E-state index is -0.178. The van der Waals surface area contributed by atoms with Crippen LogP contribution in [0.2, 0.25) is 5.02 Å². The van der Waals surface area contributed by atoms with E-state index in [1.807, 2.05) is 31.2 Å². The van der Waals surface area contributed by atoms with Gasteiger partial charge in [0.15, 0.2) is 0 Å². The number of hydrogen-bond donors (Lipinski definition) is 1. The van der Waals surface area contributed by atoms with Crippen LogP contribution in [0.5, 0.6) is 0 Å². The molecule has 0 heterocycles. The summed E-state index contributed by atoms with van der Waals surface area (Å²) >= 11 is 6.41. The summed E-state index contributed by atoms with van der Waals surface area (Å²) in [7, 11) is 0. The minimum absolute atomic E-state index is 0.0163. The van der Waals surface area contributed by atoms with Gasteiger partial charge >= 0.3 is 0 Å². The van der Waals surface area contributed by atoms with Gasteiger partial charge < -0.3 is 5.32 Å². The third kappa shape index (κ3) is 3.84. The van der Waals surface area contributed by atoms with Crippen molar-refractivity contribution < 1.29 is 4.39 Å². The van der Waals surface area contributed by atoms with Gasteiger partial charge in [0.25, 0.3) is 0 Å². The van der Waals surface area contributed by atoms with Crippen molar-refractivity contribution in [2.45, 2.75) is 33.2 Å². The van der Waals surface area contributed by atoms with E-state index in [9.17, 15) is 4.39 Å². The zero-order valence-corrected chi connectivity index (χ0v) is 13.5. The summed E-state index contributed by atoms with van der Waals surface area (Å²) in [5.74, 6) is -0.178. The van der Waals surface area contributed by atoms with Crippen molar-refractivity contribution in [3.05, 3.63) is 69.5 Å². The average Bonchev–Trinajstić information content (AvgIpc) is 2.44. The van der Waals surface area contributed by atoms with E-state index in [1.54, 1.807) is 6.92 Å².